The average molecular weight is 413 g/mol. The molecule has 0 aliphatic rings. The van der Waals surface area contributed by atoms with Crippen LogP contribution in [0, 0.1) is 0 Å². The Hall–Kier alpha value is -2.26. The van der Waals surface area contributed by atoms with Gasteiger partial charge in [0.1, 0.15) is 5.75 Å². The Balaban J connectivity index is 1.91. The van der Waals surface area contributed by atoms with Crippen LogP contribution in [0.3, 0.4) is 0 Å². The number of ether oxygens (including phenoxy) is 1. The van der Waals surface area contributed by atoms with Crippen LogP contribution in [-0.4, -0.2) is 35.8 Å². The van der Waals surface area contributed by atoms with Gasteiger partial charge >= 0.3 is 6.61 Å². The first-order valence-electron chi connectivity index (χ1n) is 9.08. The third-order valence-electron chi connectivity index (χ3n) is 3.76. The minimum atomic E-state index is -2.87. The van der Waals surface area contributed by atoms with Gasteiger partial charge in [0, 0.05) is 24.4 Å². The molecule has 0 fully saturated rings. The summed E-state index contributed by atoms with van der Waals surface area (Å²) in [4.78, 5) is 9.05. The molecule has 154 valence electrons. The summed E-state index contributed by atoms with van der Waals surface area (Å²) in [5.74, 6) is 1.01. The molecule has 1 aromatic carbocycles. The molecular formula is C19H26F2N4O2S. The molecule has 1 unspecified atom stereocenters. The fraction of sp³-hybridized carbons (Fsp3) is 0.474. The number of rotatable bonds is 9. The zero-order valence-corrected chi connectivity index (χ0v) is 17.0. The number of hydrogen-bond acceptors (Lipinski definition) is 5. The number of nitrogens with one attached hydrogen (secondary N) is 2. The van der Waals surface area contributed by atoms with Gasteiger partial charge in [-0.1, -0.05) is 26.0 Å². The minimum absolute atomic E-state index is 0.0536. The van der Waals surface area contributed by atoms with Crippen LogP contribution >= 0.6 is 11.3 Å². The first-order chi connectivity index (χ1) is 13.4. The van der Waals surface area contributed by atoms with E-state index >= 15 is 0 Å². The second kappa shape index (κ2) is 10.9. The molecule has 2 aromatic rings. The molecule has 28 heavy (non-hydrogen) atoms. The van der Waals surface area contributed by atoms with Gasteiger partial charge in [-0.25, -0.2) is 9.98 Å². The highest BCUT2D eigenvalue weighted by molar-refractivity contribution is 7.09. The van der Waals surface area contributed by atoms with Gasteiger partial charge in [-0.3, -0.25) is 0 Å². The molecule has 0 saturated carbocycles. The number of aliphatic imine (C=N–C) groups is 1. The van der Waals surface area contributed by atoms with Crippen LogP contribution in [0.25, 0.3) is 0 Å². The molecule has 1 aromatic heterocycles. The number of alkyl halides is 2. The number of thiazole rings is 1. The van der Waals surface area contributed by atoms with Crippen LogP contribution in [0.15, 0.2) is 34.6 Å². The largest absolute Gasteiger partial charge is 0.435 e. The van der Waals surface area contributed by atoms with Crippen molar-refractivity contribution in [3.05, 3.63) is 45.9 Å². The molecule has 0 saturated heterocycles. The molecule has 0 amide bonds. The van der Waals surface area contributed by atoms with Gasteiger partial charge in [-0.15, -0.1) is 11.3 Å². The van der Waals surface area contributed by atoms with E-state index in [1.165, 1.54) is 12.1 Å². The van der Waals surface area contributed by atoms with Gasteiger partial charge in [0.2, 0.25) is 0 Å². The smallest absolute Gasteiger partial charge is 0.387 e. The quantitative estimate of drug-likeness (QED) is 0.433. The number of nitrogens with zero attached hydrogens (tertiary/aromatic N) is 2. The van der Waals surface area contributed by atoms with Crippen LogP contribution in [0.5, 0.6) is 5.75 Å². The third-order valence-corrected chi connectivity index (χ3v) is 4.95. The van der Waals surface area contributed by atoms with Crippen LogP contribution in [0.2, 0.25) is 0 Å². The predicted octanol–water partition coefficient (Wildman–Crippen LogP) is 3.66. The molecule has 0 radical (unpaired) electrons. The molecular weight excluding hydrogens is 386 g/mol. The van der Waals surface area contributed by atoms with E-state index in [4.69, 9.17) is 0 Å². The fourth-order valence-electron chi connectivity index (χ4n) is 2.34. The topological polar surface area (TPSA) is 78.8 Å². The summed E-state index contributed by atoms with van der Waals surface area (Å²) in [6, 6.07) is 5.91. The molecule has 0 bridgehead atoms. The van der Waals surface area contributed by atoms with Crippen molar-refractivity contribution in [2.45, 2.75) is 45.9 Å². The van der Waals surface area contributed by atoms with Crippen LogP contribution < -0.4 is 15.4 Å². The molecule has 0 spiro atoms. The van der Waals surface area contributed by atoms with Crippen LogP contribution in [0.4, 0.5) is 8.78 Å². The lowest BCUT2D eigenvalue weighted by atomic mass is 10.1. The van der Waals surface area contributed by atoms with Crippen molar-refractivity contribution in [1.82, 2.24) is 15.6 Å². The number of aliphatic hydroxyl groups is 1. The zero-order chi connectivity index (χ0) is 20.5. The first kappa shape index (κ1) is 22.0. The summed E-state index contributed by atoms with van der Waals surface area (Å²) in [5, 5.41) is 19.6. The van der Waals surface area contributed by atoms with Gasteiger partial charge < -0.3 is 20.5 Å². The molecule has 3 N–H and O–H groups in total. The molecule has 1 heterocycles. The van der Waals surface area contributed by atoms with E-state index in [9.17, 15) is 13.9 Å². The minimum Gasteiger partial charge on any atom is -0.435 e. The zero-order valence-electron chi connectivity index (χ0n) is 16.2. The summed E-state index contributed by atoms with van der Waals surface area (Å²) in [5.41, 5.74) is 1.49. The highest BCUT2D eigenvalue weighted by atomic mass is 32.1. The number of benzene rings is 1. The van der Waals surface area contributed by atoms with Crippen molar-refractivity contribution >= 4 is 17.3 Å². The average Bonchev–Trinajstić information content (AvgIpc) is 3.13. The van der Waals surface area contributed by atoms with Gasteiger partial charge in [0.15, 0.2) is 5.96 Å². The summed E-state index contributed by atoms with van der Waals surface area (Å²) in [7, 11) is 0. The molecule has 0 aliphatic heterocycles. The van der Waals surface area contributed by atoms with Crippen LogP contribution in [-0.2, 0) is 6.54 Å². The SMILES string of the molecule is CCNC(=NCc1csc(C(C)C)n1)NCC(O)c1ccc(OC(F)F)cc1. The highest BCUT2D eigenvalue weighted by Gasteiger charge is 2.11. The second-order valence-corrected chi connectivity index (χ2v) is 7.26. The maximum absolute atomic E-state index is 12.2. The maximum Gasteiger partial charge on any atom is 0.387 e. The Morgan fingerprint density at radius 2 is 1.96 bits per heavy atom. The Morgan fingerprint density at radius 1 is 1.25 bits per heavy atom. The molecule has 9 heteroatoms. The number of hydrogen-bond donors (Lipinski definition) is 3. The normalized spacial score (nSPS) is 13.1. The van der Waals surface area contributed by atoms with Gasteiger partial charge in [0.25, 0.3) is 0 Å². The summed E-state index contributed by atoms with van der Waals surface area (Å²) < 4.78 is 28.7. The van der Waals surface area contributed by atoms with E-state index in [0.29, 0.717) is 30.5 Å². The lowest BCUT2D eigenvalue weighted by molar-refractivity contribution is -0.0498. The standard InChI is InChI=1S/C19H26F2N4O2S/c1-4-22-19(23-9-14-11-28-17(25-14)12(2)3)24-10-16(26)13-5-7-15(8-6-13)27-18(20)21/h5-8,11-12,16,18,26H,4,9-10H2,1-3H3,(H2,22,23,24). The second-order valence-electron chi connectivity index (χ2n) is 6.37. The van der Waals surface area contributed by atoms with Crippen molar-refractivity contribution in [1.29, 1.82) is 0 Å². The summed E-state index contributed by atoms with van der Waals surface area (Å²) in [6.45, 7) is 4.62. The van der Waals surface area contributed by atoms with Crippen molar-refractivity contribution in [2.75, 3.05) is 13.1 Å². The Kier molecular flexibility index (Phi) is 8.59. The molecule has 6 nitrogen and oxygen atoms in total. The Labute approximate surface area is 167 Å². The van der Waals surface area contributed by atoms with E-state index in [-0.39, 0.29) is 12.3 Å². The van der Waals surface area contributed by atoms with E-state index in [1.54, 1.807) is 23.5 Å². The molecule has 1 atom stereocenters. The third kappa shape index (κ3) is 7.05. The van der Waals surface area contributed by atoms with Gasteiger partial charge in [-0.05, 0) is 24.6 Å². The van der Waals surface area contributed by atoms with E-state index in [2.05, 4.69) is 39.2 Å². The summed E-state index contributed by atoms with van der Waals surface area (Å²) >= 11 is 1.62. The number of aliphatic hydroxyl groups excluding tert-OH is 1. The molecule has 0 aliphatic carbocycles. The van der Waals surface area contributed by atoms with Crippen LogP contribution in [0.1, 0.15) is 49.1 Å². The van der Waals surface area contributed by atoms with Crippen molar-refractivity contribution < 1.29 is 18.6 Å². The lowest BCUT2D eigenvalue weighted by Gasteiger charge is -2.16. The number of halogens is 2. The predicted molar refractivity (Wildman–Crippen MR) is 107 cm³/mol. The van der Waals surface area contributed by atoms with Crippen molar-refractivity contribution in [2.24, 2.45) is 4.99 Å². The van der Waals surface area contributed by atoms with Crippen molar-refractivity contribution in [3.63, 3.8) is 0 Å². The first-order valence-corrected chi connectivity index (χ1v) is 9.96. The van der Waals surface area contributed by atoms with Crippen molar-refractivity contribution in [3.8, 4) is 5.75 Å². The molecule has 2 rings (SSSR count). The lowest BCUT2D eigenvalue weighted by Crippen LogP contribution is -2.39. The fourth-order valence-corrected chi connectivity index (χ4v) is 3.17. The van der Waals surface area contributed by atoms with E-state index in [1.807, 2.05) is 12.3 Å². The monoisotopic (exact) mass is 412 g/mol. The van der Waals surface area contributed by atoms with E-state index < -0.39 is 12.7 Å². The van der Waals surface area contributed by atoms with E-state index in [0.717, 1.165) is 10.7 Å². The van der Waals surface area contributed by atoms with Gasteiger partial charge in [-0.2, -0.15) is 8.78 Å². The summed E-state index contributed by atoms with van der Waals surface area (Å²) in [6.07, 6.45) is -0.823. The van der Waals surface area contributed by atoms with Gasteiger partial charge in [0.05, 0.1) is 23.4 Å². The maximum atomic E-state index is 12.2. The highest BCUT2D eigenvalue weighted by Crippen LogP contribution is 2.20. The number of aromatic nitrogens is 1. The Bertz CT molecular complexity index is 751. The Morgan fingerprint density at radius 3 is 2.54 bits per heavy atom. The number of guanidine groups is 1.